The fourth-order valence-electron chi connectivity index (χ4n) is 2.29. The van der Waals surface area contributed by atoms with Crippen molar-refractivity contribution in [3.63, 3.8) is 0 Å². The Kier molecular flexibility index (Phi) is 6.79. The van der Waals surface area contributed by atoms with Gasteiger partial charge in [-0.25, -0.2) is 0 Å². The summed E-state index contributed by atoms with van der Waals surface area (Å²) in [7, 11) is 0. The standard InChI is InChI=1S/C20H20BrN3O/c1-15(2)24(14-16-8-4-3-5-9-16)20(25)17(12-22)13-23-19-11-7-6-10-18(19)21/h3-11,13,15,23H,14H2,1-2H3/b17-13-. The maximum atomic E-state index is 12.8. The van der Waals surface area contributed by atoms with Crippen molar-refractivity contribution >= 4 is 27.5 Å². The van der Waals surface area contributed by atoms with Crippen LogP contribution < -0.4 is 5.32 Å². The van der Waals surface area contributed by atoms with Crippen molar-refractivity contribution in [1.82, 2.24) is 4.90 Å². The Morgan fingerprint density at radius 2 is 1.84 bits per heavy atom. The summed E-state index contributed by atoms with van der Waals surface area (Å²) in [6, 6.07) is 19.3. The van der Waals surface area contributed by atoms with Crippen LogP contribution in [0.4, 0.5) is 5.69 Å². The molecule has 0 fully saturated rings. The minimum absolute atomic E-state index is 0.0204. The van der Waals surface area contributed by atoms with E-state index in [0.29, 0.717) is 6.54 Å². The van der Waals surface area contributed by atoms with Gasteiger partial charge in [0.2, 0.25) is 0 Å². The van der Waals surface area contributed by atoms with Crippen LogP contribution >= 0.6 is 15.9 Å². The van der Waals surface area contributed by atoms with E-state index in [4.69, 9.17) is 0 Å². The highest BCUT2D eigenvalue weighted by molar-refractivity contribution is 9.10. The zero-order chi connectivity index (χ0) is 18.2. The number of carbonyl (C=O) groups is 1. The van der Waals surface area contributed by atoms with Gasteiger partial charge in [0.15, 0.2) is 0 Å². The van der Waals surface area contributed by atoms with E-state index in [1.165, 1.54) is 6.20 Å². The quantitative estimate of drug-likeness (QED) is 0.567. The van der Waals surface area contributed by atoms with Gasteiger partial charge in [0.1, 0.15) is 11.6 Å². The number of hydrogen-bond acceptors (Lipinski definition) is 3. The first kappa shape index (κ1) is 18.8. The summed E-state index contributed by atoms with van der Waals surface area (Å²) in [5, 5.41) is 12.4. The minimum atomic E-state index is -0.291. The fraction of sp³-hybridized carbons (Fsp3) is 0.200. The number of anilines is 1. The third-order valence-electron chi connectivity index (χ3n) is 3.68. The number of halogens is 1. The maximum Gasteiger partial charge on any atom is 0.266 e. The zero-order valence-corrected chi connectivity index (χ0v) is 15.8. The molecule has 128 valence electrons. The molecule has 2 aromatic carbocycles. The van der Waals surface area contributed by atoms with Crippen molar-refractivity contribution in [2.24, 2.45) is 0 Å². The Morgan fingerprint density at radius 1 is 1.20 bits per heavy atom. The Labute approximate surface area is 156 Å². The van der Waals surface area contributed by atoms with Crippen LogP contribution in [-0.2, 0) is 11.3 Å². The second-order valence-corrected chi connectivity index (χ2v) is 6.66. The predicted molar refractivity (Wildman–Crippen MR) is 104 cm³/mol. The van der Waals surface area contributed by atoms with Crippen molar-refractivity contribution < 1.29 is 4.79 Å². The summed E-state index contributed by atoms with van der Waals surface area (Å²) in [5.41, 5.74) is 1.89. The lowest BCUT2D eigenvalue weighted by molar-refractivity contribution is -0.129. The van der Waals surface area contributed by atoms with E-state index in [1.54, 1.807) is 4.90 Å². The summed E-state index contributed by atoms with van der Waals surface area (Å²) < 4.78 is 0.862. The second kappa shape index (κ2) is 9.05. The minimum Gasteiger partial charge on any atom is -0.359 e. The van der Waals surface area contributed by atoms with Gasteiger partial charge in [0.05, 0.1) is 5.69 Å². The summed E-state index contributed by atoms with van der Waals surface area (Å²) in [5.74, 6) is -0.291. The van der Waals surface area contributed by atoms with Gasteiger partial charge in [0, 0.05) is 23.3 Å². The molecular formula is C20H20BrN3O. The van der Waals surface area contributed by atoms with Crippen molar-refractivity contribution in [2.45, 2.75) is 26.4 Å². The summed E-state index contributed by atoms with van der Waals surface area (Å²) in [6.07, 6.45) is 1.46. The number of nitrogens with zero attached hydrogens (tertiary/aromatic N) is 2. The van der Waals surface area contributed by atoms with Gasteiger partial charge >= 0.3 is 0 Å². The Hall–Kier alpha value is -2.58. The van der Waals surface area contributed by atoms with Crippen LogP contribution in [0.1, 0.15) is 19.4 Å². The fourth-order valence-corrected chi connectivity index (χ4v) is 2.69. The molecule has 0 atom stereocenters. The van der Waals surface area contributed by atoms with Gasteiger partial charge in [-0.1, -0.05) is 42.5 Å². The van der Waals surface area contributed by atoms with Crippen LogP contribution in [0.3, 0.4) is 0 Å². The molecule has 0 aliphatic carbocycles. The first-order chi connectivity index (χ1) is 12.0. The lowest BCUT2D eigenvalue weighted by Crippen LogP contribution is -2.37. The molecule has 0 aromatic heterocycles. The van der Waals surface area contributed by atoms with Crippen LogP contribution in [0.15, 0.2) is 70.8 Å². The number of amides is 1. The molecule has 0 radical (unpaired) electrons. The first-order valence-electron chi connectivity index (χ1n) is 7.99. The molecule has 5 heteroatoms. The maximum absolute atomic E-state index is 12.8. The lowest BCUT2D eigenvalue weighted by Gasteiger charge is -2.26. The third-order valence-corrected chi connectivity index (χ3v) is 4.37. The molecule has 0 bridgehead atoms. The van der Waals surface area contributed by atoms with Crippen LogP contribution in [0.25, 0.3) is 0 Å². The lowest BCUT2D eigenvalue weighted by atomic mass is 10.1. The molecule has 0 saturated heterocycles. The number of para-hydroxylation sites is 1. The van der Waals surface area contributed by atoms with Gasteiger partial charge in [-0.15, -0.1) is 0 Å². The van der Waals surface area contributed by atoms with Gasteiger partial charge in [0.25, 0.3) is 5.91 Å². The number of benzene rings is 2. The molecule has 0 heterocycles. The molecule has 25 heavy (non-hydrogen) atoms. The number of rotatable bonds is 6. The van der Waals surface area contributed by atoms with Gasteiger partial charge in [-0.05, 0) is 47.5 Å². The molecule has 0 spiro atoms. The monoisotopic (exact) mass is 397 g/mol. The molecule has 0 saturated carbocycles. The largest absolute Gasteiger partial charge is 0.359 e. The highest BCUT2D eigenvalue weighted by Crippen LogP contribution is 2.21. The summed E-state index contributed by atoms with van der Waals surface area (Å²) in [4.78, 5) is 14.5. The number of nitrogens with one attached hydrogen (secondary N) is 1. The molecule has 1 amide bonds. The van der Waals surface area contributed by atoms with Gasteiger partial charge in [-0.3, -0.25) is 4.79 Å². The average Bonchev–Trinajstić information content (AvgIpc) is 2.62. The molecule has 0 aliphatic rings. The van der Waals surface area contributed by atoms with E-state index in [0.717, 1.165) is 15.7 Å². The van der Waals surface area contributed by atoms with Crippen molar-refractivity contribution in [1.29, 1.82) is 5.26 Å². The Balaban J connectivity index is 2.19. The summed E-state index contributed by atoms with van der Waals surface area (Å²) in [6.45, 7) is 4.35. The van der Waals surface area contributed by atoms with E-state index in [2.05, 4.69) is 21.2 Å². The van der Waals surface area contributed by atoms with Crippen molar-refractivity contribution in [3.8, 4) is 6.07 Å². The van der Waals surface area contributed by atoms with Crippen molar-refractivity contribution in [2.75, 3.05) is 5.32 Å². The molecule has 0 aliphatic heterocycles. The van der Waals surface area contributed by atoms with Gasteiger partial charge < -0.3 is 10.2 Å². The van der Waals surface area contributed by atoms with Crippen molar-refractivity contribution in [3.05, 3.63) is 76.4 Å². The van der Waals surface area contributed by atoms with Crippen LogP contribution in [0, 0.1) is 11.3 Å². The predicted octanol–water partition coefficient (Wildman–Crippen LogP) is 4.71. The molecule has 2 aromatic rings. The first-order valence-corrected chi connectivity index (χ1v) is 8.78. The topological polar surface area (TPSA) is 56.1 Å². The van der Waals surface area contributed by atoms with E-state index in [1.807, 2.05) is 74.5 Å². The smallest absolute Gasteiger partial charge is 0.266 e. The molecule has 1 N–H and O–H groups in total. The Bertz CT molecular complexity index is 794. The van der Waals surface area contributed by atoms with E-state index >= 15 is 0 Å². The highest BCUT2D eigenvalue weighted by atomic mass is 79.9. The third kappa shape index (κ3) is 5.20. The number of carbonyl (C=O) groups excluding carboxylic acids is 1. The normalized spacial score (nSPS) is 11.1. The SMILES string of the molecule is CC(C)N(Cc1ccccc1)C(=O)/C(C#N)=C\Nc1ccccc1Br. The molecule has 4 nitrogen and oxygen atoms in total. The molecule has 0 unspecified atom stereocenters. The van der Waals surface area contributed by atoms with Crippen LogP contribution in [-0.4, -0.2) is 16.8 Å². The zero-order valence-electron chi connectivity index (χ0n) is 14.2. The summed E-state index contributed by atoms with van der Waals surface area (Å²) >= 11 is 3.43. The van der Waals surface area contributed by atoms with Crippen LogP contribution in [0.5, 0.6) is 0 Å². The number of nitriles is 1. The molecular weight excluding hydrogens is 378 g/mol. The second-order valence-electron chi connectivity index (χ2n) is 5.81. The van der Waals surface area contributed by atoms with Crippen LogP contribution in [0.2, 0.25) is 0 Å². The Morgan fingerprint density at radius 3 is 2.44 bits per heavy atom. The average molecular weight is 398 g/mol. The van der Waals surface area contributed by atoms with E-state index in [9.17, 15) is 10.1 Å². The van der Waals surface area contributed by atoms with E-state index < -0.39 is 0 Å². The van der Waals surface area contributed by atoms with Gasteiger partial charge in [-0.2, -0.15) is 5.26 Å². The molecule has 2 rings (SSSR count). The highest BCUT2D eigenvalue weighted by Gasteiger charge is 2.21. The van der Waals surface area contributed by atoms with E-state index in [-0.39, 0.29) is 17.5 Å². The number of hydrogen-bond donors (Lipinski definition) is 1.